The number of anilines is 1. The molecule has 6 heteroatoms. The van der Waals surface area contributed by atoms with Crippen molar-refractivity contribution in [2.75, 3.05) is 4.90 Å². The van der Waals surface area contributed by atoms with Gasteiger partial charge < -0.3 is 4.74 Å². The van der Waals surface area contributed by atoms with E-state index in [1.54, 1.807) is 46.0 Å². The molecular weight excluding hydrogens is 340 g/mol. The molecule has 3 rings (SSSR count). The van der Waals surface area contributed by atoms with Gasteiger partial charge in [-0.3, -0.25) is 14.7 Å². The molecule has 0 saturated heterocycles. The van der Waals surface area contributed by atoms with E-state index in [1.807, 2.05) is 18.2 Å². The average molecular weight is 359 g/mol. The summed E-state index contributed by atoms with van der Waals surface area (Å²) >= 11 is 6.05. The van der Waals surface area contributed by atoms with Crippen molar-refractivity contribution in [3.63, 3.8) is 0 Å². The minimum Gasteiger partial charge on any atom is -0.443 e. The maximum absolute atomic E-state index is 12.6. The fourth-order valence-electron chi connectivity index (χ4n) is 2.74. The van der Waals surface area contributed by atoms with Crippen LogP contribution in [-0.2, 0) is 4.74 Å². The van der Waals surface area contributed by atoms with Crippen molar-refractivity contribution < 1.29 is 14.3 Å². The fourth-order valence-corrected chi connectivity index (χ4v) is 2.93. The van der Waals surface area contributed by atoms with Crippen LogP contribution in [0.4, 0.5) is 10.5 Å². The van der Waals surface area contributed by atoms with E-state index < -0.39 is 17.7 Å². The molecule has 1 atom stereocenters. The zero-order valence-corrected chi connectivity index (χ0v) is 15.3. The van der Waals surface area contributed by atoms with Gasteiger partial charge in [0.15, 0.2) is 0 Å². The van der Waals surface area contributed by atoms with Gasteiger partial charge in [0.05, 0.1) is 5.69 Å². The van der Waals surface area contributed by atoms with Gasteiger partial charge in [0.25, 0.3) is 0 Å². The number of hydrogen-bond acceptors (Lipinski definition) is 4. The SMILES string of the molecule is CC1C(=O)c2ncc(-c3cccc(Cl)c3)cc2N1C(=O)OC(C)(C)C. The maximum atomic E-state index is 12.6. The highest BCUT2D eigenvalue weighted by molar-refractivity contribution is 6.30. The van der Waals surface area contributed by atoms with Gasteiger partial charge in [0.2, 0.25) is 5.78 Å². The van der Waals surface area contributed by atoms with Gasteiger partial charge in [-0.2, -0.15) is 0 Å². The van der Waals surface area contributed by atoms with Crippen LogP contribution in [0.3, 0.4) is 0 Å². The van der Waals surface area contributed by atoms with Crippen molar-refractivity contribution in [2.45, 2.75) is 39.3 Å². The van der Waals surface area contributed by atoms with E-state index in [0.717, 1.165) is 11.1 Å². The lowest BCUT2D eigenvalue weighted by molar-refractivity contribution is 0.0564. The van der Waals surface area contributed by atoms with Gasteiger partial charge in [-0.05, 0) is 51.5 Å². The van der Waals surface area contributed by atoms with Crippen molar-refractivity contribution in [1.29, 1.82) is 0 Å². The molecule has 1 amide bonds. The zero-order valence-electron chi connectivity index (χ0n) is 14.5. The molecule has 130 valence electrons. The first-order chi connectivity index (χ1) is 11.7. The van der Waals surface area contributed by atoms with Crippen LogP contribution >= 0.6 is 11.6 Å². The lowest BCUT2D eigenvalue weighted by Gasteiger charge is -2.26. The summed E-state index contributed by atoms with van der Waals surface area (Å²) in [7, 11) is 0. The van der Waals surface area contributed by atoms with Gasteiger partial charge in [-0.1, -0.05) is 23.7 Å². The molecule has 1 aromatic heterocycles. The van der Waals surface area contributed by atoms with E-state index in [2.05, 4.69) is 4.98 Å². The van der Waals surface area contributed by atoms with E-state index in [0.29, 0.717) is 10.7 Å². The number of amides is 1. The normalized spacial score (nSPS) is 16.8. The number of benzene rings is 1. The van der Waals surface area contributed by atoms with Gasteiger partial charge >= 0.3 is 6.09 Å². The number of halogens is 1. The lowest BCUT2D eigenvalue weighted by atomic mass is 10.1. The van der Waals surface area contributed by atoms with E-state index in [9.17, 15) is 9.59 Å². The molecule has 2 aromatic rings. The predicted molar refractivity (Wildman–Crippen MR) is 97.2 cm³/mol. The molecule has 0 saturated carbocycles. The molecule has 0 bridgehead atoms. The number of aromatic nitrogens is 1. The average Bonchev–Trinajstić information content (AvgIpc) is 2.77. The van der Waals surface area contributed by atoms with Gasteiger partial charge in [-0.25, -0.2) is 4.79 Å². The maximum Gasteiger partial charge on any atom is 0.415 e. The third kappa shape index (κ3) is 3.37. The first-order valence-corrected chi connectivity index (χ1v) is 8.37. The molecule has 1 aromatic carbocycles. The van der Waals surface area contributed by atoms with Crippen LogP contribution < -0.4 is 4.90 Å². The Balaban J connectivity index is 2.04. The summed E-state index contributed by atoms with van der Waals surface area (Å²) in [5, 5.41) is 0.603. The Morgan fingerprint density at radius 2 is 1.96 bits per heavy atom. The number of Topliss-reactive ketones (excluding diaryl/α,β-unsaturated/α-hetero) is 1. The predicted octanol–water partition coefficient (Wildman–Crippen LogP) is 4.73. The molecule has 1 aliphatic rings. The molecule has 1 aliphatic heterocycles. The first-order valence-electron chi connectivity index (χ1n) is 8.00. The fraction of sp³-hybridized carbons (Fsp3) is 0.316. The van der Waals surface area contributed by atoms with Crippen molar-refractivity contribution >= 4 is 29.2 Å². The van der Waals surface area contributed by atoms with Crippen LogP contribution in [-0.4, -0.2) is 28.5 Å². The zero-order chi connectivity index (χ0) is 18.4. The highest BCUT2D eigenvalue weighted by atomic mass is 35.5. The Kier molecular flexibility index (Phi) is 4.29. The van der Waals surface area contributed by atoms with Crippen molar-refractivity contribution in [2.24, 2.45) is 0 Å². The molecule has 2 heterocycles. The Hall–Kier alpha value is -2.40. The Labute approximate surface area is 151 Å². The highest BCUT2D eigenvalue weighted by Crippen LogP contribution is 2.35. The smallest absolute Gasteiger partial charge is 0.415 e. The van der Waals surface area contributed by atoms with Crippen LogP contribution in [0.5, 0.6) is 0 Å². The third-order valence-electron chi connectivity index (χ3n) is 3.88. The Morgan fingerprint density at radius 3 is 2.60 bits per heavy atom. The molecule has 25 heavy (non-hydrogen) atoms. The topological polar surface area (TPSA) is 59.5 Å². The number of ether oxygens (including phenoxy) is 1. The van der Waals surface area contributed by atoms with Crippen LogP contribution in [0, 0.1) is 0 Å². The molecule has 0 spiro atoms. The quantitative estimate of drug-likeness (QED) is 0.739. The summed E-state index contributed by atoms with van der Waals surface area (Å²) in [6.07, 6.45) is 1.06. The summed E-state index contributed by atoms with van der Waals surface area (Å²) in [5.74, 6) is -0.196. The second kappa shape index (κ2) is 6.15. The van der Waals surface area contributed by atoms with E-state index in [-0.39, 0.29) is 11.5 Å². The number of carbonyl (C=O) groups is 2. The van der Waals surface area contributed by atoms with Crippen LogP contribution in [0.25, 0.3) is 11.1 Å². The number of ketones is 1. The summed E-state index contributed by atoms with van der Waals surface area (Å²) in [5.41, 5.74) is 1.73. The summed E-state index contributed by atoms with van der Waals surface area (Å²) in [6.45, 7) is 7.03. The second-order valence-electron chi connectivity index (χ2n) is 6.99. The van der Waals surface area contributed by atoms with Crippen molar-refractivity contribution in [1.82, 2.24) is 4.98 Å². The summed E-state index contributed by atoms with van der Waals surface area (Å²) in [6, 6.07) is 8.46. The van der Waals surface area contributed by atoms with Crippen molar-refractivity contribution in [3.05, 3.63) is 47.2 Å². The minimum atomic E-state index is -0.652. The van der Waals surface area contributed by atoms with E-state index in [1.165, 1.54) is 4.90 Å². The minimum absolute atomic E-state index is 0.196. The van der Waals surface area contributed by atoms with Gasteiger partial charge in [-0.15, -0.1) is 0 Å². The highest BCUT2D eigenvalue weighted by Gasteiger charge is 2.41. The number of fused-ring (bicyclic) bond motifs is 1. The molecule has 0 radical (unpaired) electrons. The van der Waals surface area contributed by atoms with Gasteiger partial charge in [0, 0.05) is 16.8 Å². The Morgan fingerprint density at radius 1 is 1.24 bits per heavy atom. The molecule has 5 nitrogen and oxygen atoms in total. The number of hydrogen-bond donors (Lipinski definition) is 0. The lowest BCUT2D eigenvalue weighted by Crippen LogP contribution is -2.41. The number of nitrogens with zero attached hydrogens (tertiary/aromatic N) is 2. The monoisotopic (exact) mass is 358 g/mol. The van der Waals surface area contributed by atoms with Crippen LogP contribution in [0.2, 0.25) is 5.02 Å². The second-order valence-corrected chi connectivity index (χ2v) is 7.43. The first kappa shape index (κ1) is 17.4. The van der Waals surface area contributed by atoms with E-state index in [4.69, 9.17) is 16.3 Å². The molecule has 1 unspecified atom stereocenters. The van der Waals surface area contributed by atoms with Crippen LogP contribution in [0.15, 0.2) is 36.5 Å². The van der Waals surface area contributed by atoms with Crippen LogP contribution in [0.1, 0.15) is 38.2 Å². The number of rotatable bonds is 1. The molecular formula is C19H19ClN2O3. The number of pyridine rings is 1. The largest absolute Gasteiger partial charge is 0.443 e. The molecule has 0 N–H and O–H groups in total. The van der Waals surface area contributed by atoms with E-state index >= 15 is 0 Å². The third-order valence-corrected chi connectivity index (χ3v) is 4.11. The Bertz CT molecular complexity index is 858. The van der Waals surface area contributed by atoms with Crippen molar-refractivity contribution in [3.8, 4) is 11.1 Å². The van der Waals surface area contributed by atoms with Gasteiger partial charge in [0.1, 0.15) is 17.3 Å². The standard InChI is InChI=1S/C19H19ClN2O3/c1-11-17(23)16-15(22(11)18(24)25-19(2,3)4)9-13(10-21-16)12-6-5-7-14(20)8-12/h5-11H,1-4H3. The summed E-state index contributed by atoms with van der Waals surface area (Å²) in [4.78, 5) is 30.7. The number of carbonyl (C=O) groups excluding carboxylic acids is 2. The molecule has 0 fully saturated rings. The summed E-state index contributed by atoms with van der Waals surface area (Å²) < 4.78 is 5.45. The molecule has 0 aliphatic carbocycles.